The number of piperazine rings is 1. The summed E-state index contributed by atoms with van der Waals surface area (Å²) in [6.45, 7) is 5.57. The molecule has 0 aliphatic carbocycles. The normalized spacial score (nSPS) is 20.0. The average molecular weight is 379 g/mol. The Balaban J connectivity index is 1.28. The maximum Gasteiger partial charge on any atom is 0.219 e. The maximum absolute atomic E-state index is 13.5. The Kier molecular flexibility index (Phi) is 5.65. The second-order valence-electron chi connectivity index (χ2n) is 7.51. The summed E-state index contributed by atoms with van der Waals surface area (Å²) < 4.78 is 13.5. The Labute approximate surface area is 164 Å². The minimum Gasteiger partial charge on any atom is -0.360 e. The molecule has 1 saturated heterocycles. The van der Waals surface area contributed by atoms with Gasteiger partial charge in [-0.05, 0) is 29.8 Å². The van der Waals surface area contributed by atoms with Crippen LogP contribution < -0.4 is 9.80 Å². The Hall–Kier alpha value is -2.76. The molecule has 0 unspecified atom stereocenters. The molecule has 1 aromatic heterocycles. The summed E-state index contributed by atoms with van der Waals surface area (Å²) in [6, 6.07) is 14.9. The van der Waals surface area contributed by atoms with Crippen LogP contribution in [-0.2, 0) is 0 Å². The number of halogens is 1. The molecule has 3 aromatic rings. The molecule has 0 saturated carbocycles. The highest BCUT2D eigenvalue weighted by atomic mass is 19.1. The lowest BCUT2D eigenvalue weighted by Crippen LogP contribution is -3.28. The maximum atomic E-state index is 13.5. The number of hydrogen-bond donors (Lipinski definition) is 3. The van der Waals surface area contributed by atoms with E-state index in [4.69, 9.17) is 0 Å². The van der Waals surface area contributed by atoms with Gasteiger partial charge in [0.05, 0.1) is 6.54 Å². The third-order valence-corrected chi connectivity index (χ3v) is 5.54. The Morgan fingerprint density at radius 1 is 1.04 bits per heavy atom. The summed E-state index contributed by atoms with van der Waals surface area (Å²) in [6.07, 6.45) is 6.12. The van der Waals surface area contributed by atoms with Crippen LogP contribution >= 0.6 is 0 Å². The molecule has 0 atom stereocenters. The number of rotatable bonds is 6. The molecule has 0 radical (unpaired) electrons. The van der Waals surface area contributed by atoms with E-state index in [0.717, 1.165) is 38.2 Å². The van der Waals surface area contributed by atoms with E-state index in [-0.39, 0.29) is 11.6 Å². The second-order valence-corrected chi connectivity index (χ2v) is 7.51. The predicted octanol–water partition coefficient (Wildman–Crippen LogP) is 0.987. The molecule has 1 fully saturated rings. The second kappa shape index (κ2) is 8.50. The molecule has 4 rings (SSSR count). The fourth-order valence-corrected chi connectivity index (χ4v) is 3.91. The number of aromatic amines is 1. The van der Waals surface area contributed by atoms with Crippen molar-refractivity contribution in [1.82, 2.24) is 4.98 Å². The zero-order valence-electron chi connectivity index (χ0n) is 15.9. The smallest absolute Gasteiger partial charge is 0.219 e. The van der Waals surface area contributed by atoms with E-state index in [2.05, 4.69) is 29.3 Å². The topological polar surface area (TPSA) is 41.7 Å². The first-order chi connectivity index (χ1) is 13.7. The molecule has 3 N–H and O–H groups in total. The van der Waals surface area contributed by atoms with Gasteiger partial charge in [0.1, 0.15) is 38.5 Å². The number of aromatic nitrogens is 1. The van der Waals surface area contributed by atoms with Crippen LogP contribution in [0.1, 0.15) is 15.9 Å². The van der Waals surface area contributed by atoms with Gasteiger partial charge in [-0.15, -0.1) is 0 Å². The quantitative estimate of drug-likeness (QED) is 0.550. The summed E-state index contributed by atoms with van der Waals surface area (Å²) in [5.74, 6) is -0.228. The molecule has 5 heteroatoms. The highest BCUT2D eigenvalue weighted by Gasteiger charge is 2.25. The van der Waals surface area contributed by atoms with Gasteiger partial charge < -0.3 is 14.8 Å². The third kappa shape index (κ3) is 4.38. The minimum atomic E-state index is -0.311. The largest absolute Gasteiger partial charge is 0.360 e. The van der Waals surface area contributed by atoms with Gasteiger partial charge in [0.25, 0.3) is 0 Å². The van der Waals surface area contributed by atoms with Crippen LogP contribution in [0.25, 0.3) is 17.0 Å². The number of fused-ring (bicyclic) bond motifs is 1. The molecule has 2 heterocycles. The monoisotopic (exact) mass is 379 g/mol. The number of hydrogen-bond acceptors (Lipinski definition) is 1. The molecule has 1 aliphatic rings. The molecule has 1 aliphatic heterocycles. The van der Waals surface area contributed by atoms with Crippen LogP contribution in [0.4, 0.5) is 4.39 Å². The van der Waals surface area contributed by atoms with E-state index < -0.39 is 0 Å². The Morgan fingerprint density at radius 2 is 1.79 bits per heavy atom. The highest BCUT2D eigenvalue weighted by Crippen LogP contribution is 2.19. The lowest BCUT2D eigenvalue weighted by Gasteiger charge is -2.28. The van der Waals surface area contributed by atoms with Crippen molar-refractivity contribution < 1.29 is 19.0 Å². The number of ketones is 1. The first-order valence-corrected chi connectivity index (χ1v) is 9.87. The predicted molar refractivity (Wildman–Crippen MR) is 109 cm³/mol. The third-order valence-electron chi connectivity index (χ3n) is 5.54. The average Bonchev–Trinajstić information content (AvgIpc) is 3.13. The number of Topliss-reactive ketones (excluding diaryl/α,β-unsaturated/α-hetero) is 1. The number of H-pyrrole nitrogens is 1. The molecule has 4 nitrogen and oxygen atoms in total. The van der Waals surface area contributed by atoms with E-state index >= 15 is 0 Å². The van der Waals surface area contributed by atoms with Gasteiger partial charge in [0, 0.05) is 22.7 Å². The number of carbonyl (C=O) groups is 1. The van der Waals surface area contributed by atoms with Crippen molar-refractivity contribution in [1.29, 1.82) is 0 Å². The SMILES string of the molecule is O=C(C[NH+]1CC[NH+](C/C=C/c2ccccc2)CC1)c1c[nH]c2ccc(F)cc12. The van der Waals surface area contributed by atoms with Gasteiger partial charge in [-0.1, -0.05) is 36.4 Å². The van der Waals surface area contributed by atoms with E-state index in [1.807, 2.05) is 18.2 Å². The van der Waals surface area contributed by atoms with Crippen molar-refractivity contribution in [3.05, 3.63) is 77.7 Å². The first-order valence-electron chi connectivity index (χ1n) is 9.87. The Morgan fingerprint density at radius 3 is 2.57 bits per heavy atom. The summed E-state index contributed by atoms with van der Waals surface area (Å²) in [4.78, 5) is 18.7. The van der Waals surface area contributed by atoms with Gasteiger partial charge in [-0.3, -0.25) is 4.79 Å². The number of nitrogens with one attached hydrogen (secondary N) is 3. The minimum absolute atomic E-state index is 0.0827. The van der Waals surface area contributed by atoms with Crippen LogP contribution in [0.15, 0.2) is 60.8 Å². The van der Waals surface area contributed by atoms with E-state index in [1.165, 1.54) is 22.6 Å². The summed E-state index contributed by atoms with van der Waals surface area (Å²) in [5, 5.41) is 0.680. The number of quaternary nitrogens is 2. The first kappa shape index (κ1) is 18.6. The lowest BCUT2D eigenvalue weighted by atomic mass is 10.1. The van der Waals surface area contributed by atoms with Crippen LogP contribution in [0.5, 0.6) is 0 Å². The van der Waals surface area contributed by atoms with Gasteiger partial charge in [0.2, 0.25) is 5.78 Å². The van der Waals surface area contributed by atoms with E-state index in [0.29, 0.717) is 17.5 Å². The van der Waals surface area contributed by atoms with E-state index in [1.54, 1.807) is 17.2 Å². The molecule has 0 bridgehead atoms. The van der Waals surface area contributed by atoms with Crippen molar-refractivity contribution in [2.45, 2.75) is 0 Å². The summed E-state index contributed by atoms with van der Waals surface area (Å²) >= 11 is 0. The standard InChI is InChI=1S/C23H24FN3O/c24-19-8-9-22-20(15-19)21(16-25-22)23(28)17-27-13-11-26(12-14-27)10-4-7-18-5-2-1-3-6-18/h1-9,15-16,25H,10-14,17H2/p+2/b7-4+. The molecular weight excluding hydrogens is 353 g/mol. The van der Waals surface area contributed by atoms with Crippen molar-refractivity contribution in [3.8, 4) is 0 Å². The summed E-state index contributed by atoms with van der Waals surface area (Å²) in [7, 11) is 0. The number of carbonyl (C=O) groups excluding carboxylic acids is 1. The van der Waals surface area contributed by atoms with Crippen LogP contribution in [0.3, 0.4) is 0 Å². The highest BCUT2D eigenvalue weighted by molar-refractivity contribution is 6.08. The molecule has 2 aromatic carbocycles. The zero-order valence-corrected chi connectivity index (χ0v) is 15.9. The molecular formula is C23H26FN3O+2. The van der Waals surface area contributed by atoms with Gasteiger partial charge in [-0.2, -0.15) is 0 Å². The van der Waals surface area contributed by atoms with Gasteiger partial charge >= 0.3 is 0 Å². The van der Waals surface area contributed by atoms with Crippen molar-refractivity contribution >= 4 is 22.8 Å². The fraction of sp³-hybridized carbons (Fsp3) is 0.261. The van der Waals surface area contributed by atoms with Crippen LogP contribution in [0.2, 0.25) is 0 Å². The molecule has 0 amide bonds. The summed E-state index contributed by atoms with van der Waals surface area (Å²) in [5.41, 5.74) is 2.63. The zero-order chi connectivity index (χ0) is 19.3. The lowest BCUT2D eigenvalue weighted by molar-refractivity contribution is -1.01. The van der Waals surface area contributed by atoms with Gasteiger partial charge in [0.15, 0.2) is 0 Å². The molecule has 0 spiro atoms. The van der Waals surface area contributed by atoms with Crippen LogP contribution in [0, 0.1) is 5.82 Å². The Bertz CT molecular complexity index is 972. The van der Waals surface area contributed by atoms with Gasteiger partial charge in [-0.25, -0.2) is 4.39 Å². The molecule has 144 valence electrons. The molecule has 28 heavy (non-hydrogen) atoms. The van der Waals surface area contributed by atoms with Crippen LogP contribution in [-0.4, -0.2) is 50.0 Å². The fourth-order valence-electron chi connectivity index (χ4n) is 3.91. The number of benzene rings is 2. The van der Waals surface area contributed by atoms with E-state index in [9.17, 15) is 9.18 Å². The van der Waals surface area contributed by atoms with Crippen molar-refractivity contribution in [2.75, 3.05) is 39.3 Å². The van der Waals surface area contributed by atoms with Crippen molar-refractivity contribution in [2.24, 2.45) is 0 Å². The van der Waals surface area contributed by atoms with Crippen molar-refractivity contribution in [3.63, 3.8) is 0 Å².